The SMILES string of the molecule is CC[C@@H](NC(=O)N1C(=O)[C@H](Cc2ccnc(N)c2)[C@H]1C(=O)N(C)c1ccncc1)c1cccc(C)c1Cl. The van der Waals surface area contributed by atoms with Gasteiger partial charge in [0.2, 0.25) is 5.91 Å². The number of nitrogens with two attached hydrogens (primary N) is 1. The molecule has 1 fully saturated rings. The third-order valence-electron chi connectivity index (χ3n) is 6.67. The Kier molecular flexibility index (Phi) is 7.73. The molecule has 0 aliphatic carbocycles. The predicted octanol–water partition coefficient (Wildman–Crippen LogP) is 3.91. The fourth-order valence-corrected chi connectivity index (χ4v) is 4.84. The molecule has 1 saturated heterocycles. The Bertz CT molecular complexity index is 1320. The van der Waals surface area contributed by atoms with E-state index in [4.69, 9.17) is 17.3 Å². The van der Waals surface area contributed by atoms with Crippen LogP contribution in [0.1, 0.15) is 36.1 Å². The molecule has 1 aliphatic heterocycles. The molecule has 0 saturated carbocycles. The summed E-state index contributed by atoms with van der Waals surface area (Å²) in [6.07, 6.45) is 5.49. The zero-order valence-electron chi connectivity index (χ0n) is 20.9. The van der Waals surface area contributed by atoms with Crippen molar-refractivity contribution in [1.82, 2.24) is 20.2 Å². The number of aryl methyl sites for hydroxylation is 1. The number of pyridine rings is 2. The molecule has 3 N–H and O–H groups in total. The number of aromatic nitrogens is 2. The number of nitrogens with one attached hydrogen (secondary N) is 1. The van der Waals surface area contributed by atoms with E-state index in [1.165, 1.54) is 4.90 Å². The summed E-state index contributed by atoms with van der Waals surface area (Å²) in [5.41, 5.74) is 8.81. The second-order valence-corrected chi connectivity index (χ2v) is 9.42. The second kappa shape index (κ2) is 11.0. The summed E-state index contributed by atoms with van der Waals surface area (Å²) >= 11 is 6.51. The summed E-state index contributed by atoms with van der Waals surface area (Å²) in [6.45, 7) is 3.80. The molecule has 3 aromatic rings. The number of imide groups is 1. The lowest BCUT2D eigenvalue weighted by atomic mass is 9.81. The first kappa shape index (κ1) is 26.1. The highest BCUT2D eigenvalue weighted by atomic mass is 35.5. The number of amides is 4. The molecule has 10 heteroatoms. The Morgan fingerprint density at radius 2 is 1.92 bits per heavy atom. The monoisotopic (exact) mass is 520 g/mol. The Hall–Kier alpha value is -3.98. The van der Waals surface area contributed by atoms with Crippen LogP contribution < -0.4 is 16.0 Å². The summed E-state index contributed by atoms with van der Waals surface area (Å²) in [5, 5.41) is 3.47. The van der Waals surface area contributed by atoms with Gasteiger partial charge < -0.3 is 16.0 Å². The summed E-state index contributed by atoms with van der Waals surface area (Å²) in [4.78, 5) is 50.8. The van der Waals surface area contributed by atoms with Crippen molar-refractivity contribution in [3.8, 4) is 0 Å². The average Bonchev–Trinajstić information content (AvgIpc) is 2.90. The standard InChI is InChI=1S/C27H29ClN6O3/c1-4-21(19-7-5-6-16(2)23(19)28)32-27(37)34-24(26(36)33(3)18-9-11-30-12-10-18)20(25(34)35)14-17-8-13-31-22(29)15-17/h5-13,15,20-21,24H,4,14H2,1-3H3,(H2,29,31)(H,32,37)/t20-,21-,24+/m1/s1. The highest BCUT2D eigenvalue weighted by Crippen LogP contribution is 2.34. The molecule has 1 aromatic carbocycles. The average molecular weight is 521 g/mol. The van der Waals surface area contributed by atoms with Gasteiger partial charge in [-0.05, 0) is 60.7 Å². The predicted molar refractivity (Wildman–Crippen MR) is 142 cm³/mol. The maximum atomic E-state index is 13.7. The van der Waals surface area contributed by atoms with E-state index in [1.807, 2.05) is 32.0 Å². The number of carbonyl (C=O) groups excluding carboxylic acids is 3. The number of β-lactam (4-membered cyclic amide) rings is 1. The minimum atomic E-state index is -0.995. The molecule has 192 valence electrons. The fraction of sp³-hybridized carbons (Fsp3) is 0.296. The van der Waals surface area contributed by atoms with Gasteiger partial charge in [0.15, 0.2) is 0 Å². The van der Waals surface area contributed by atoms with Crippen molar-refractivity contribution in [1.29, 1.82) is 0 Å². The number of benzene rings is 1. The van der Waals surface area contributed by atoms with E-state index in [0.717, 1.165) is 21.6 Å². The lowest BCUT2D eigenvalue weighted by Gasteiger charge is -2.46. The van der Waals surface area contributed by atoms with E-state index in [9.17, 15) is 14.4 Å². The molecule has 0 spiro atoms. The maximum Gasteiger partial charge on any atom is 0.325 e. The molecule has 3 heterocycles. The number of likely N-dealkylation sites (tertiary alicyclic amines) is 1. The first-order valence-electron chi connectivity index (χ1n) is 12.0. The third-order valence-corrected chi connectivity index (χ3v) is 7.19. The highest BCUT2D eigenvalue weighted by molar-refractivity contribution is 6.32. The van der Waals surface area contributed by atoms with E-state index in [1.54, 1.807) is 49.9 Å². The van der Waals surface area contributed by atoms with Crippen LogP contribution in [0.4, 0.5) is 16.3 Å². The lowest BCUT2D eigenvalue weighted by Crippen LogP contribution is -2.70. The van der Waals surface area contributed by atoms with Crippen LogP contribution in [-0.2, 0) is 16.0 Å². The first-order valence-corrected chi connectivity index (χ1v) is 12.4. The van der Waals surface area contributed by atoms with Gasteiger partial charge in [-0.15, -0.1) is 0 Å². The number of anilines is 2. The summed E-state index contributed by atoms with van der Waals surface area (Å²) in [7, 11) is 1.61. The van der Waals surface area contributed by atoms with E-state index >= 15 is 0 Å². The van der Waals surface area contributed by atoms with Crippen LogP contribution in [0, 0.1) is 12.8 Å². The van der Waals surface area contributed by atoms with Gasteiger partial charge in [0.05, 0.1) is 12.0 Å². The minimum Gasteiger partial charge on any atom is -0.384 e. The zero-order valence-corrected chi connectivity index (χ0v) is 21.6. The van der Waals surface area contributed by atoms with Crippen LogP contribution in [-0.4, -0.2) is 45.8 Å². The third kappa shape index (κ3) is 5.27. The molecule has 0 radical (unpaired) electrons. The normalized spacial score (nSPS) is 17.6. The Labute approximate surface area is 220 Å². The van der Waals surface area contributed by atoms with E-state index in [0.29, 0.717) is 22.9 Å². The molecule has 4 rings (SSSR count). The van der Waals surface area contributed by atoms with Crippen molar-refractivity contribution in [2.45, 2.75) is 38.8 Å². The number of hydrogen-bond acceptors (Lipinski definition) is 6. The van der Waals surface area contributed by atoms with Gasteiger partial charge in [0.1, 0.15) is 11.9 Å². The van der Waals surface area contributed by atoms with Gasteiger partial charge in [-0.3, -0.25) is 19.5 Å². The number of nitrogen functional groups attached to an aromatic ring is 1. The van der Waals surface area contributed by atoms with Crippen molar-refractivity contribution in [2.24, 2.45) is 5.92 Å². The second-order valence-electron chi connectivity index (χ2n) is 9.04. The Morgan fingerprint density at radius 3 is 2.59 bits per heavy atom. The number of likely N-dealkylation sites (N-methyl/N-ethyl adjacent to an activating group) is 1. The van der Waals surface area contributed by atoms with E-state index in [-0.39, 0.29) is 12.3 Å². The molecule has 0 bridgehead atoms. The van der Waals surface area contributed by atoms with Crippen molar-refractivity contribution in [3.05, 3.63) is 82.8 Å². The van der Waals surface area contributed by atoms with Crippen molar-refractivity contribution in [2.75, 3.05) is 17.7 Å². The molecule has 0 unspecified atom stereocenters. The van der Waals surface area contributed by atoms with Crippen LogP contribution in [0.5, 0.6) is 0 Å². The number of nitrogens with zero attached hydrogens (tertiary/aromatic N) is 4. The van der Waals surface area contributed by atoms with Gasteiger partial charge in [-0.25, -0.2) is 9.78 Å². The van der Waals surface area contributed by atoms with E-state index in [2.05, 4.69) is 15.3 Å². The minimum absolute atomic E-state index is 0.247. The quantitative estimate of drug-likeness (QED) is 0.455. The van der Waals surface area contributed by atoms with Crippen molar-refractivity contribution < 1.29 is 14.4 Å². The number of urea groups is 1. The molecular formula is C27H29ClN6O3. The number of carbonyl (C=O) groups is 3. The summed E-state index contributed by atoms with van der Waals surface area (Å²) in [5.74, 6) is -1.22. The van der Waals surface area contributed by atoms with Crippen LogP contribution in [0.25, 0.3) is 0 Å². The summed E-state index contributed by atoms with van der Waals surface area (Å²) < 4.78 is 0. The molecular weight excluding hydrogens is 492 g/mol. The van der Waals surface area contributed by atoms with Crippen LogP contribution >= 0.6 is 11.6 Å². The van der Waals surface area contributed by atoms with Gasteiger partial charge in [0.25, 0.3) is 5.91 Å². The zero-order chi connectivity index (χ0) is 26.7. The van der Waals surface area contributed by atoms with Gasteiger partial charge in [-0.2, -0.15) is 0 Å². The molecule has 3 atom stereocenters. The number of rotatable bonds is 7. The molecule has 37 heavy (non-hydrogen) atoms. The van der Waals surface area contributed by atoms with Gasteiger partial charge in [0, 0.05) is 36.3 Å². The van der Waals surface area contributed by atoms with Crippen molar-refractivity contribution >= 4 is 41.0 Å². The fourth-order valence-electron chi connectivity index (χ4n) is 4.58. The van der Waals surface area contributed by atoms with Crippen molar-refractivity contribution in [3.63, 3.8) is 0 Å². The topological polar surface area (TPSA) is 122 Å². The molecule has 1 aliphatic rings. The van der Waals surface area contributed by atoms with Crippen LogP contribution in [0.15, 0.2) is 61.1 Å². The number of hydrogen-bond donors (Lipinski definition) is 2. The molecule has 9 nitrogen and oxygen atoms in total. The molecule has 4 amide bonds. The Balaban J connectivity index is 1.61. The number of halogens is 1. The first-order chi connectivity index (χ1) is 17.7. The van der Waals surface area contributed by atoms with Gasteiger partial charge in [-0.1, -0.05) is 36.7 Å². The lowest BCUT2D eigenvalue weighted by molar-refractivity contribution is -0.156. The Morgan fingerprint density at radius 1 is 1.19 bits per heavy atom. The maximum absolute atomic E-state index is 13.7. The van der Waals surface area contributed by atoms with Gasteiger partial charge >= 0.3 is 6.03 Å². The van der Waals surface area contributed by atoms with Crippen LogP contribution in [0.3, 0.4) is 0 Å². The van der Waals surface area contributed by atoms with Crippen LogP contribution in [0.2, 0.25) is 5.02 Å². The smallest absolute Gasteiger partial charge is 0.325 e. The summed E-state index contributed by atoms with van der Waals surface area (Å²) in [6, 6.07) is 10.3. The highest BCUT2D eigenvalue weighted by Gasteiger charge is 2.55. The van der Waals surface area contributed by atoms with E-state index < -0.39 is 29.9 Å². The molecule has 2 aromatic heterocycles. The largest absolute Gasteiger partial charge is 0.384 e.